The predicted molar refractivity (Wildman–Crippen MR) is 102 cm³/mol. The first-order valence-electron chi connectivity index (χ1n) is 9.88. The molecule has 2 aromatic rings. The number of H-pyrrole nitrogens is 1. The highest BCUT2D eigenvalue weighted by atomic mass is 16.2. The van der Waals surface area contributed by atoms with Gasteiger partial charge in [-0.1, -0.05) is 30.3 Å². The molecular weight excluding hydrogens is 340 g/mol. The maximum absolute atomic E-state index is 12.8. The summed E-state index contributed by atoms with van der Waals surface area (Å²) < 4.78 is 0. The van der Waals surface area contributed by atoms with Gasteiger partial charge >= 0.3 is 0 Å². The minimum Gasteiger partial charge on any atom is -0.347 e. The van der Waals surface area contributed by atoms with E-state index in [4.69, 9.17) is 0 Å². The van der Waals surface area contributed by atoms with Crippen molar-refractivity contribution in [1.29, 1.82) is 0 Å². The Bertz CT molecular complexity index is 815. The maximum Gasteiger partial charge on any atom is 0.226 e. The number of rotatable bonds is 6. The number of fused-ring (bicyclic) bond motifs is 1. The molecule has 142 valence electrons. The number of carbonyl (C=O) groups is 2. The first-order valence-corrected chi connectivity index (χ1v) is 9.88. The summed E-state index contributed by atoms with van der Waals surface area (Å²) in [4.78, 5) is 26.7. The van der Waals surface area contributed by atoms with Crippen molar-refractivity contribution >= 4 is 11.8 Å². The van der Waals surface area contributed by atoms with Crippen molar-refractivity contribution < 1.29 is 9.59 Å². The fourth-order valence-corrected chi connectivity index (χ4v) is 4.13. The molecule has 2 amide bonds. The Morgan fingerprint density at radius 3 is 2.74 bits per heavy atom. The van der Waals surface area contributed by atoms with Crippen LogP contribution in [0.1, 0.15) is 54.2 Å². The standard InChI is InChI=1S/C21H26N4O2/c26-20(13-18-16-9-4-5-10-17(16)23-24-18)22-19(15-7-2-1-3-8-15)14-25-12-6-11-21(25)27/h1-3,7-8,19H,4-6,9-14H2,(H,22,26)(H,23,24). The van der Waals surface area contributed by atoms with Gasteiger partial charge in [0.1, 0.15) is 0 Å². The van der Waals surface area contributed by atoms with Gasteiger partial charge in [0.05, 0.1) is 18.2 Å². The smallest absolute Gasteiger partial charge is 0.226 e. The monoisotopic (exact) mass is 366 g/mol. The molecule has 4 rings (SSSR count). The minimum atomic E-state index is -0.199. The molecule has 2 heterocycles. The Balaban J connectivity index is 1.46. The molecular formula is C21H26N4O2. The number of aromatic nitrogens is 2. The van der Waals surface area contributed by atoms with Gasteiger partial charge in [0, 0.05) is 25.2 Å². The van der Waals surface area contributed by atoms with Crippen molar-refractivity contribution in [2.75, 3.05) is 13.1 Å². The van der Waals surface area contributed by atoms with Gasteiger partial charge in [-0.05, 0) is 43.2 Å². The summed E-state index contributed by atoms with van der Waals surface area (Å²) in [6.07, 6.45) is 6.14. The third-order valence-electron chi connectivity index (χ3n) is 5.58. The predicted octanol–water partition coefficient (Wildman–Crippen LogP) is 2.31. The molecule has 1 saturated heterocycles. The zero-order valence-electron chi connectivity index (χ0n) is 15.5. The number of likely N-dealkylation sites (tertiary alicyclic amines) is 1. The Hall–Kier alpha value is -2.63. The summed E-state index contributed by atoms with van der Waals surface area (Å²) in [6.45, 7) is 1.29. The highest BCUT2D eigenvalue weighted by Gasteiger charge is 2.26. The van der Waals surface area contributed by atoms with Crippen LogP contribution < -0.4 is 5.32 Å². The van der Waals surface area contributed by atoms with Gasteiger partial charge in [0.15, 0.2) is 0 Å². The summed E-state index contributed by atoms with van der Waals surface area (Å²) in [5.74, 6) is 0.127. The number of benzene rings is 1. The Kier molecular flexibility index (Phi) is 5.23. The van der Waals surface area contributed by atoms with Gasteiger partial charge in [0.2, 0.25) is 11.8 Å². The average Bonchev–Trinajstić information content (AvgIpc) is 3.28. The van der Waals surface area contributed by atoms with Crippen LogP contribution in [0.5, 0.6) is 0 Å². The molecule has 1 aromatic heterocycles. The van der Waals surface area contributed by atoms with Gasteiger partial charge < -0.3 is 10.2 Å². The molecule has 6 nitrogen and oxygen atoms in total. The van der Waals surface area contributed by atoms with E-state index < -0.39 is 0 Å². The van der Waals surface area contributed by atoms with Gasteiger partial charge in [-0.25, -0.2) is 0 Å². The normalized spacial score (nSPS) is 17.6. The van der Waals surface area contributed by atoms with E-state index in [0.29, 0.717) is 13.0 Å². The molecule has 0 saturated carbocycles. The van der Waals surface area contributed by atoms with Crippen LogP contribution in [0, 0.1) is 0 Å². The molecule has 2 aliphatic rings. The van der Waals surface area contributed by atoms with E-state index in [-0.39, 0.29) is 24.3 Å². The van der Waals surface area contributed by atoms with E-state index in [9.17, 15) is 9.59 Å². The average molecular weight is 366 g/mol. The van der Waals surface area contributed by atoms with Crippen molar-refractivity contribution in [2.45, 2.75) is 51.0 Å². The van der Waals surface area contributed by atoms with Gasteiger partial charge in [0.25, 0.3) is 0 Å². The Morgan fingerprint density at radius 2 is 1.96 bits per heavy atom. The summed E-state index contributed by atoms with van der Waals surface area (Å²) in [5, 5.41) is 10.6. The number of carbonyl (C=O) groups excluding carboxylic acids is 2. The summed E-state index contributed by atoms with van der Waals surface area (Å²) >= 11 is 0. The van der Waals surface area contributed by atoms with Crippen molar-refractivity contribution in [1.82, 2.24) is 20.4 Å². The molecule has 1 aromatic carbocycles. The molecule has 1 atom stereocenters. The molecule has 6 heteroatoms. The third kappa shape index (κ3) is 4.04. The second-order valence-corrected chi connectivity index (χ2v) is 7.49. The van der Waals surface area contributed by atoms with Crippen molar-refractivity contribution in [3.05, 3.63) is 52.8 Å². The second-order valence-electron chi connectivity index (χ2n) is 7.49. The number of hydrogen-bond acceptors (Lipinski definition) is 3. The molecule has 0 bridgehead atoms. The lowest BCUT2D eigenvalue weighted by Gasteiger charge is -2.25. The fraction of sp³-hybridized carbons (Fsp3) is 0.476. The first-order chi connectivity index (χ1) is 13.2. The van der Waals surface area contributed by atoms with Crippen LogP contribution in [0.15, 0.2) is 30.3 Å². The van der Waals surface area contributed by atoms with Crippen molar-refractivity contribution in [3.63, 3.8) is 0 Å². The molecule has 0 radical (unpaired) electrons. The lowest BCUT2D eigenvalue weighted by atomic mass is 9.95. The van der Waals surface area contributed by atoms with Crippen LogP contribution >= 0.6 is 0 Å². The number of nitrogens with one attached hydrogen (secondary N) is 2. The van der Waals surface area contributed by atoms with E-state index in [1.54, 1.807) is 0 Å². The molecule has 1 aliphatic heterocycles. The van der Waals surface area contributed by atoms with Crippen LogP contribution in [-0.2, 0) is 28.9 Å². The summed E-state index contributed by atoms with van der Waals surface area (Å²) in [6, 6.07) is 9.69. The van der Waals surface area contributed by atoms with Crippen molar-refractivity contribution in [3.8, 4) is 0 Å². The third-order valence-corrected chi connectivity index (χ3v) is 5.58. The zero-order valence-corrected chi connectivity index (χ0v) is 15.5. The first kappa shape index (κ1) is 17.8. The Labute approximate surface area is 159 Å². The van der Waals surface area contributed by atoms with Crippen LogP contribution in [0.3, 0.4) is 0 Å². The van der Waals surface area contributed by atoms with Crippen LogP contribution in [0.4, 0.5) is 0 Å². The molecule has 2 N–H and O–H groups in total. The van der Waals surface area contributed by atoms with E-state index in [1.165, 1.54) is 17.7 Å². The fourth-order valence-electron chi connectivity index (χ4n) is 4.13. The topological polar surface area (TPSA) is 78.1 Å². The summed E-state index contributed by atoms with van der Waals surface area (Å²) in [5.41, 5.74) is 4.30. The lowest BCUT2D eigenvalue weighted by Crippen LogP contribution is -2.39. The highest BCUT2D eigenvalue weighted by Crippen LogP contribution is 2.23. The SMILES string of the molecule is O=C(Cc1n[nH]c2c1CCCC2)NC(CN1CCCC1=O)c1ccccc1. The molecule has 1 fully saturated rings. The van der Waals surface area contributed by atoms with E-state index in [0.717, 1.165) is 43.5 Å². The van der Waals surface area contributed by atoms with Gasteiger partial charge in [-0.15, -0.1) is 0 Å². The maximum atomic E-state index is 12.8. The van der Waals surface area contributed by atoms with Crippen LogP contribution in [-0.4, -0.2) is 40.0 Å². The van der Waals surface area contributed by atoms with E-state index in [1.807, 2.05) is 35.2 Å². The zero-order chi connectivity index (χ0) is 18.6. The molecule has 1 aliphatic carbocycles. The highest BCUT2D eigenvalue weighted by molar-refractivity contribution is 5.80. The van der Waals surface area contributed by atoms with E-state index >= 15 is 0 Å². The lowest BCUT2D eigenvalue weighted by molar-refractivity contribution is -0.129. The minimum absolute atomic E-state index is 0.0460. The quantitative estimate of drug-likeness (QED) is 0.823. The Morgan fingerprint density at radius 1 is 1.15 bits per heavy atom. The van der Waals surface area contributed by atoms with Gasteiger partial charge in [-0.2, -0.15) is 5.10 Å². The number of hydrogen-bond donors (Lipinski definition) is 2. The summed E-state index contributed by atoms with van der Waals surface area (Å²) in [7, 11) is 0. The van der Waals surface area contributed by atoms with Gasteiger partial charge in [-0.3, -0.25) is 14.7 Å². The largest absolute Gasteiger partial charge is 0.347 e. The number of aromatic amines is 1. The second kappa shape index (κ2) is 7.94. The molecule has 1 unspecified atom stereocenters. The van der Waals surface area contributed by atoms with Crippen LogP contribution in [0.25, 0.3) is 0 Å². The van der Waals surface area contributed by atoms with E-state index in [2.05, 4.69) is 15.5 Å². The number of aryl methyl sites for hydroxylation is 1. The molecule has 0 spiro atoms. The number of nitrogens with zero attached hydrogens (tertiary/aromatic N) is 2. The molecule has 27 heavy (non-hydrogen) atoms. The van der Waals surface area contributed by atoms with Crippen molar-refractivity contribution in [2.24, 2.45) is 0 Å². The number of amides is 2. The van der Waals surface area contributed by atoms with Crippen LogP contribution in [0.2, 0.25) is 0 Å².